The van der Waals surface area contributed by atoms with Crippen LogP contribution in [0.5, 0.6) is 5.75 Å². The monoisotopic (exact) mass is 402 g/mol. The van der Waals surface area contributed by atoms with Gasteiger partial charge in [0.25, 0.3) is 0 Å². The van der Waals surface area contributed by atoms with Gasteiger partial charge in [0.1, 0.15) is 5.75 Å². The molecule has 2 aromatic rings. The second-order valence-corrected chi connectivity index (χ2v) is 8.24. The van der Waals surface area contributed by atoms with Gasteiger partial charge in [-0.15, -0.1) is 0 Å². The first-order valence-electron chi connectivity index (χ1n) is 11.0. The van der Waals surface area contributed by atoms with Crippen molar-refractivity contribution < 1.29 is 13.5 Å². The summed E-state index contributed by atoms with van der Waals surface area (Å²) in [4.78, 5) is 8.91. The fraction of sp³-hybridized carbons (Fsp3) is 0.583. The fourth-order valence-corrected chi connectivity index (χ4v) is 4.28. The Morgan fingerprint density at radius 3 is 2.14 bits per heavy atom. The summed E-state index contributed by atoms with van der Waals surface area (Å²) in [6.07, 6.45) is 17.1. The Hall–Kier alpha value is -2.04. The van der Waals surface area contributed by atoms with Gasteiger partial charge in [-0.05, 0) is 54.5 Å². The molecule has 1 fully saturated rings. The highest BCUT2D eigenvalue weighted by Gasteiger charge is 2.20. The highest BCUT2D eigenvalue weighted by molar-refractivity contribution is 5.55. The molecule has 0 amide bonds. The minimum Gasteiger partial charge on any atom is -0.435 e. The molecule has 0 aliphatic heterocycles. The van der Waals surface area contributed by atoms with Crippen LogP contribution in [-0.2, 0) is 6.42 Å². The Morgan fingerprint density at radius 2 is 1.55 bits per heavy atom. The standard InChI is InChI=1S/C24H32F2N2O/c1-2-3-4-5-18-6-8-19(9-7-18)10-11-20-16-27-23(28-17-20)21-12-14-22(15-13-21)29-24(25)26/h12-19,24H,2-11H2,1H3. The van der Waals surface area contributed by atoms with Crippen LogP contribution in [0.4, 0.5) is 8.78 Å². The molecule has 1 saturated carbocycles. The zero-order valence-corrected chi connectivity index (χ0v) is 17.3. The highest BCUT2D eigenvalue weighted by atomic mass is 19.3. The molecule has 0 saturated heterocycles. The van der Waals surface area contributed by atoms with E-state index in [4.69, 9.17) is 0 Å². The summed E-state index contributed by atoms with van der Waals surface area (Å²) in [6, 6.07) is 6.42. The maximum absolute atomic E-state index is 12.2. The summed E-state index contributed by atoms with van der Waals surface area (Å²) in [5.41, 5.74) is 1.95. The van der Waals surface area contributed by atoms with Crippen molar-refractivity contribution in [2.75, 3.05) is 0 Å². The molecule has 1 aromatic heterocycles. The Balaban J connectivity index is 1.43. The Morgan fingerprint density at radius 1 is 0.931 bits per heavy atom. The van der Waals surface area contributed by atoms with Gasteiger partial charge in [0, 0.05) is 18.0 Å². The Kier molecular flexibility index (Phi) is 8.38. The van der Waals surface area contributed by atoms with Gasteiger partial charge in [0.15, 0.2) is 5.82 Å². The molecule has 1 heterocycles. The number of rotatable bonds is 10. The number of nitrogens with zero attached hydrogens (tertiary/aromatic N) is 2. The third kappa shape index (κ3) is 7.06. The van der Waals surface area contributed by atoms with Crippen molar-refractivity contribution in [2.24, 2.45) is 11.8 Å². The van der Waals surface area contributed by atoms with E-state index in [1.165, 1.54) is 69.9 Å². The third-order valence-corrected chi connectivity index (χ3v) is 6.07. The van der Waals surface area contributed by atoms with E-state index in [1.807, 2.05) is 12.4 Å². The van der Waals surface area contributed by atoms with Crippen LogP contribution in [0.15, 0.2) is 36.7 Å². The second-order valence-electron chi connectivity index (χ2n) is 8.24. The molecule has 29 heavy (non-hydrogen) atoms. The van der Waals surface area contributed by atoms with Gasteiger partial charge in [-0.1, -0.05) is 58.3 Å². The average molecular weight is 403 g/mol. The summed E-state index contributed by atoms with van der Waals surface area (Å²) in [6.45, 7) is -0.540. The van der Waals surface area contributed by atoms with E-state index in [0.29, 0.717) is 5.82 Å². The lowest BCUT2D eigenvalue weighted by atomic mass is 9.78. The van der Waals surface area contributed by atoms with Crippen LogP contribution >= 0.6 is 0 Å². The number of unbranched alkanes of at least 4 members (excludes halogenated alkanes) is 2. The summed E-state index contributed by atoms with van der Waals surface area (Å²) >= 11 is 0. The first-order chi connectivity index (χ1) is 14.1. The predicted molar refractivity (Wildman–Crippen MR) is 112 cm³/mol. The molecule has 1 aliphatic carbocycles. The molecule has 5 heteroatoms. The first-order valence-corrected chi connectivity index (χ1v) is 11.0. The number of hydrogen-bond donors (Lipinski definition) is 0. The van der Waals surface area contributed by atoms with E-state index < -0.39 is 6.61 Å². The first kappa shape index (κ1) is 21.7. The molecule has 0 atom stereocenters. The lowest BCUT2D eigenvalue weighted by Crippen LogP contribution is -2.15. The second kappa shape index (κ2) is 11.2. The van der Waals surface area contributed by atoms with E-state index in [0.717, 1.165) is 29.4 Å². The van der Waals surface area contributed by atoms with Crippen LogP contribution in [0, 0.1) is 11.8 Å². The van der Waals surface area contributed by atoms with Crippen LogP contribution in [0.2, 0.25) is 0 Å². The smallest absolute Gasteiger partial charge is 0.387 e. The molecular formula is C24H32F2N2O. The number of aromatic nitrogens is 2. The fourth-order valence-electron chi connectivity index (χ4n) is 4.28. The van der Waals surface area contributed by atoms with Crippen molar-refractivity contribution in [1.29, 1.82) is 0 Å². The SMILES string of the molecule is CCCCCC1CCC(CCc2cnc(-c3ccc(OC(F)F)cc3)nc2)CC1. The quantitative estimate of drug-likeness (QED) is 0.399. The summed E-state index contributed by atoms with van der Waals surface area (Å²) in [5, 5.41) is 0. The predicted octanol–water partition coefficient (Wildman–Crippen LogP) is 7.06. The number of alkyl halides is 2. The largest absolute Gasteiger partial charge is 0.435 e. The van der Waals surface area contributed by atoms with Gasteiger partial charge in [-0.25, -0.2) is 9.97 Å². The van der Waals surface area contributed by atoms with Crippen LogP contribution in [-0.4, -0.2) is 16.6 Å². The zero-order chi connectivity index (χ0) is 20.5. The van der Waals surface area contributed by atoms with Gasteiger partial charge in [0.05, 0.1) is 0 Å². The van der Waals surface area contributed by atoms with Crippen molar-refractivity contribution in [1.82, 2.24) is 9.97 Å². The summed E-state index contributed by atoms with van der Waals surface area (Å²) < 4.78 is 28.8. The molecular weight excluding hydrogens is 370 g/mol. The lowest BCUT2D eigenvalue weighted by molar-refractivity contribution is -0.0498. The van der Waals surface area contributed by atoms with Crippen molar-refractivity contribution >= 4 is 0 Å². The lowest BCUT2D eigenvalue weighted by Gasteiger charge is -2.28. The molecule has 1 aromatic carbocycles. The van der Waals surface area contributed by atoms with E-state index in [9.17, 15) is 8.78 Å². The topological polar surface area (TPSA) is 35.0 Å². The molecule has 0 N–H and O–H groups in total. The van der Waals surface area contributed by atoms with Crippen LogP contribution < -0.4 is 4.74 Å². The molecule has 0 radical (unpaired) electrons. The van der Waals surface area contributed by atoms with Crippen molar-refractivity contribution in [3.63, 3.8) is 0 Å². The van der Waals surface area contributed by atoms with Crippen LogP contribution in [0.1, 0.15) is 70.3 Å². The zero-order valence-electron chi connectivity index (χ0n) is 17.3. The van der Waals surface area contributed by atoms with Crippen molar-refractivity contribution in [3.8, 4) is 17.1 Å². The summed E-state index contributed by atoms with van der Waals surface area (Å²) in [7, 11) is 0. The van der Waals surface area contributed by atoms with E-state index in [2.05, 4.69) is 21.6 Å². The van der Waals surface area contributed by atoms with Crippen molar-refractivity contribution in [3.05, 3.63) is 42.2 Å². The maximum atomic E-state index is 12.2. The maximum Gasteiger partial charge on any atom is 0.387 e. The minimum atomic E-state index is -2.81. The molecule has 1 aliphatic rings. The van der Waals surface area contributed by atoms with E-state index in [1.54, 1.807) is 12.1 Å². The molecule has 0 spiro atoms. The number of ether oxygens (including phenoxy) is 1. The highest BCUT2D eigenvalue weighted by Crippen LogP contribution is 2.34. The summed E-state index contributed by atoms with van der Waals surface area (Å²) in [5.74, 6) is 2.53. The number of benzene rings is 1. The number of halogens is 2. The van der Waals surface area contributed by atoms with Gasteiger partial charge in [-0.3, -0.25) is 0 Å². The minimum absolute atomic E-state index is 0.139. The molecule has 0 unspecified atom stereocenters. The molecule has 3 rings (SSSR count). The molecule has 0 bridgehead atoms. The third-order valence-electron chi connectivity index (χ3n) is 6.07. The molecule has 3 nitrogen and oxygen atoms in total. The Labute approximate surface area is 172 Å². The Bertz CT molecular complexity index is 711. The van der Waals surface area contributed by atoms with Gasteiger partial charge < -0.3 is 4.74 Å². The van der Waals surface area contributed by atoms with Crippen molar-refractivity contribution in [2.45, 2.75) is 77.7 Å². The van der Waals surface area contributed by atoms with Gasteiger partial charge in [-0.2, -0.15) is 8.78 Å². The number of aryl methyl sites for hydroxylation is 1. The van der Waals surface area contributed by atoms with E-state index in [-0.39, 0.29) is 5.75 Å². The average Bonchev–Trinajstić information content (AvgIpc) is 2.74. The molecule has 158 valence electrons. The van der Waals surface area contributed by atoms with Gasteiger partial charge >= 0.3 is 6.61 Å². The van der Waals surface area contributed by atoms with Crippen LogP contribution in [0.3, 0.4) is 0 Å². The van der Waals surface area contributed by atoms with Gasteiger partial charge in [0.2, 0.25) is 0 Å². The number of hydrogen-bond acceptors (Lipinski definition) is 3. The van der Waals surface area contributed by atoms with E-state index >= 15 is 0 Å². The normalized spacial score (nSPS) is 19.4. The van der Waals surface area contributed by atoms with Crippen LogP contribution in [0.25, 0.3) is 11.4 Å².